The van der Waals surface area contributed by atoms with Gasteiger partial charge in [0.2, 0.25) is 0 Å². The van der Waals surface area contributed by atoms with E-state index in [2.05, 4.69) is 0 Å². The highest BCUT2D eigenvalue weighted by Crippen LogP contribution is 2.38. The first kappa shape index (κ1) is 11.2. The number of halogens is 4. The fourth-order valence-corrected chi connectivity index (χ4v) is 2.27. The summed E-state index contributed by atoms with van der Waals surface area (Å²) in [7, 11) is 0. The summed E-state index contributed by atoms with van der Waals surface area (Å²) in [5.41, 5.74) is 0. The van der Waals surface area contributed by atoms with Gasteiger partial charge in [-0.15, -0.1) is 11.6 Å². The van der Waals surface area contributed by atoms with Gasteiger partial charge in [-0.05, 0) is 12.3 Å². The van der Waals surface area contributed by atoms with Crippen molar-refractivity contribution in [3.05, 3.63) is 0 Å². The fraction of sp³-hybridized carbons (Fsp3) is 1.00. The zero-order valence-electron chi connectivity index (χ0n) is 6.40. The van der Waals surface area contributed by atoms with Gasteiger partial charge < -0.3 is 4.74 Å². The molecule has 1 fully saturated rings. The van der Waals surface area contributed by atoms with E-state index >= 15 is 0 Å². The molecule has 0 spiro atoms. The lowest BCUT2D eigenvalue weighted by atomic mass is 9.95. The predicted octanol–water partition coefficient (Wildman–Crippen LogP) is 3.25. The molecule has 0 aromatic heterocycles. The molecular weight excluding hydrogens is 242 g/mol. The summed E-state index contributed by atoms with van der Waals surface area (Å²) in [5, 5.41) is 0. The van der Waals surface area contributed by atoms with Crippen molar-refractivity contribution < 1.29 is 4.74 Å². The highest BCUT2D eigenvalue weighted by Gasteiger charge is 2.34. The Hall–Kier alpha value is 1.12. The first-order valence-corrected chi connectivity index (χ1v) is 5.40. The van der Waals surface area contributed by atoms with Crippen LogP contribution in [0.3, 0.4) is 0 Å². The predicted molar refractivity (Wildman–Crippen MR) is 53.4 cm³/mol. The van der Waals surface area contributed by atoms with Crippen LogP contribution in [0.4, 0.5) is 0 Å². The molecule has 0 unspecified atom stereocenters. The molecule has 1 nitrogen and oxygen atoms in total. The Morgan fingerprint density at radius 1 is 1.17 bits per heavy atom. The Balaban J connectivity index is 2.41. The van der Waals surface area contributed by atoms with Gasteiger partial charge in [-0.2, -0.15) is 0 Å². The summed E-state index contributed by atoms with van der Waals surface area (Å²) in [5.74, 6) is 1.20. The van der Waals surface area contributed by atoms with Crippen LogP contribution in [0.25, 0.3) is 0 Å². The highest BCUT2D eigenvalue weighted by molar-refractivity contribution is 6.67. The van der Waals surface area contributed by atoms with E-state index in [1.807, 2.05) is 0 Å². The number of hydrogen-bond acceptors (Lipinski definition) is 1. The van der Waals surface area contributed by atoms with Crippen molar-refractivity contribution in [1.82, 2.24) is 0 Å². The van der Waals surface area contributed by atoms with Gasteiger partial charge >= 0.3 is 0 Å². The number of hydrogen-bond donors (Lipinski definition) is 0. The largest absolute Gasteiger partial charge is 0.381 e. The van der Waals surface area contributed by atoms with Crippen LogP contribution in [0.1, 0.15) is 6.42 Å². The van der Waals surface area contributed by atoms with Crippen molar-refractivity contribution in [3.8, 4) is 0 Å². The average Bonchev–Trinajstić information content (AvgIpc) is 2.31. The molecule has 1 rings (SSSR count). The summed E-state index contributed by atoms with van der Waals surface area (Å²) < 4.78 is 4.07. The monoisotopic (exact) mass is 250 g/mol. The normalized spacial score (nSPS) is 31.0. The molecular formula is C7H10Cl4O. The third kappa shape index (κ3) is 3.47. The van der Waals surface area contributed by atoms with E-state index in [-0.39, 0.29) is 5.92 Å². The van der Waals surface area contributed by atoms with Gasteiger partial charge in [-0.1, -0.05) is 34.8 Å². The maximum Gasteiger partial charge on any atom is 0.191 e. The fourth-order valence-electron chi connectivity index (χ4n) is 1.34. The first-order chi connectivity index (χ1) is 5.53. The molecule has 0 radical (unpaired) electrons. The molecule has 0 aromatic rings. The van der Waals surface area contributed by atoms with Crippen LogP contribution < -0.4 is 0 Å². The van der Waals surface area contributed by atoms with Gasteiger partial charge in [0, 0.05) is 18.4 Å². The summed E-state index contributed by atoms with van der Waals surface area (Å²) in [6.45, 7) is 1.35. The molecule has 0 saturated carbocycles. The zero-order valence-corrected chi connectivity index (χ0v) is 9.43. The van der Waals surface area contributed by atoms with Crippen LogP contribution in [0.5, 0.6) is 0 Å². The van der Waals surface area contributed by atoms with Crippen molar-refractivity contribution in [1.29, 1.82) is 0 Å². The molecule has 1 aliphatic heterocycles. The van der Waals surface area contributed by atoms with Crippen molar-refractivity contribution >= 4 is 46.4 Å². The molecule has 12 heavy (non-hydrogen) atoms. The Morgan fingerprint density at radius 3 is 2.25 bits per heavy atom. The van der Waals surface area contributed by atoms with Gasteiger partial charge in [0.05, 0.1) is 6.61 Å². The molecule has 1 aliphatic rings. The van der Waals surface area contributed by atoms with E-state index in [9.17, 15) is 0 Å². The standard InChI is InChI=1S/C7H10Cl4O/c8-2-6-4-12-3-5(6)1-7(9,10)11/h5-6H,1-4H2/t5-,6+/m1/s1. The summed E-state index contributed by atoms with van der Waals surface area (Å²) >= 11 is 22.7. The van der Waals surface area contributed by atoms with Crippen LogP contribution in [0.2, 0.25) is 0 Å². The molecule has 1 heterocycles. The lowest BCUT2D eigenvalue weighted by molar-refractivity contribution is 0.181. The number of ether oxygens (including phenoxy) is 1. The van der Waals surface area contributed by atoms with Crippen molar-refractivity contribution in [2.75, 3.05) is 19.1 Å². The second-order valence-corrected chi connectivity index (χ2v) is 5.86. The molecule has 0 aromatic carbocycles. The highest BCUT2D eigenvalue weighted by atomic mass is 35.6. The molecule has 2 atom stereocenters. The minimum Gasteiger partial charge on any atom is -0.381 e. The van der Waals surface area contributed by atoms with E-state index in [0.29, 0.717) is 31.4 Å². The molecule has 72 valence electrons. The van der Waals surface area contributed by atoms with Crippen LogP contribution >= 0.6 is 46.4 Å². The lowest BCUT2D eigenvalue weighted by Crippen LogP contribution is -2.20. The molecule has 1 saturated heterocycles. The van der Waals surface area contributed by atoms with Gasteiger partial charge in [0.15, 0.2) is 3.79 Å². The Morgan fingerprint density at radius 2 is 1.75 bits per heavy atom. The van der Waals surface area contributed by atoms with Gasteiger partial charge in [-0.25, -0.2) is 0 Å². The van der Waals surface area contributed by atoms with Crippen LogP contribution in [0.15, 0.2) is 0 Å². The number of alkyl halides is 4. The zero-order chi connectivity index (χ0) is 9.19. The molecule has 0 aliphatic carbocycles. The molecule has 0 N–H and O–H groups in total. The summed E-state index contributed by atoms with van der Waals surface area (Å²) in [6, 6.07) is 0. The van der Waals surface area contributed by atoms with Crippen LogP contribution in [-0.4, -0.2) is 22.9 Å². The summed E-state index contributed by atoms with van der Waals surface area (Å²) in [4.78, 5) is 0. The second-order valence-electron chi connectivity index (χ2n) is 3.03. The van der Waals surface area contributed by atoms with E-state index in [0.717, 1.165) is 0 Å². The van der Waals surface area contributed by atoms with Crippen molar-refractivity contribution in [3.63, 3.8) is 0 Å². The third-order valence-corrected chi connectivity index (χ3v) is 2.88. The van der Waals surface area contributed by atoms with Gasteiger partial charge in [0.1, 0.15) is 0 Å². The van der Waals surface area contributed by atoms with E-state index < -0.39 is 3.79 Å². The van der Waals surface area contributed by atoms with E-state index in [4.69, 9.17) is 51.1 Å². The Labute approximate surface area is 92.2 Å². The number of rotatable bonds is 2. The average molecular weight is 252 g/mol. The second kappa shape index (κ2) is 4.56. The smallest absolute Gasteiger partial charge is 0.191 e. The van der Waals surface area contributed by atoms with Crippen molar-refractivity contribution in [2.45, 2.75) is 10.2 Å². The van der Waals surface area contributed by atoms with Gasteiger partial charge in [0.25, 0.3) is 0 Å². The minimum absolute atomic E-state index is 0.287. The minimum atomic E-state index is -1.18. The van der Waals surface area contributed by atoms with Crippen LogP contribution in [0, 0.1) is 11.8 Å². The maximum absolute atomic E-state index is 5.72. The SMILES string of the molecule is ClC[C@H]1COC[C@H]1CC(Cl)(Cl)Cl. The van der Waals surface area contributed by atoms with Gasteiger partial charge in [-0.3, -0.25) is 0 Å². The molecule has 0 amide bonds. The maximum atomic E-state index is 5.72. The Kier molecular flexibility index (Phi) is 4.26. The van der Waals surface area contributed by atoms with E-state index in [1.54, 1.807) is 0 Å². The molecule has 5 heteroatoms. The quantitative estimate of drug-likeness (QED) is 0.685. The summed E-state index contributed by atoms with van der Waals surface area (Å²) in [6.07, 6.45) is 0.523. The van der Waals surface area contributed by atoms with Crippen molar-refractivity contribution in [2.24, 2.45) is 11.8 Å². The van der Waals surface area contributed by atoms with Crippen LogP contribution in [-0.2, 0) is 4.74 Å². The first-order valence-electron chi connectivity index (χ1n) is 3.73. The topological polar surface area (TPSA) is 9.23 Å². The Bertz CT molecular complexity index is 145. The van der Waals surface area contributed by atoms with E-state index in [1.165, 1.54) is 0 Å². The third-order valence-electron chi connectivity index (χ3n) is 2.02. The lowest BCUT2D eigenvalue weighted by Gasteiger charge is -2.19. The molecule has 0 bridgehead atoms.